The molecule has 0 spiro atoms. The van der Waals surface area contributed by atoms with Crippen molar-refractivity contribution in [1.29, 1.82) is 0 Å². The maximum Gasteiger partial charge on any atom is 0.119 e. The highest BCUT2D eigenvalue weighted by Gasteiger charge is 2.30. The minimum absolute atomic E-state index is 0.211. The quantitative estimate of drug-likeness (QED) is 0.437. The molecule has 0 aliphatic rings. The Hall–Kier alpha value is -1.76. The molecule has 0 radical (unpaired) electrons. The average Bonchev–Trinajstić information content (AvgIpc) is 2.64. The van der Waals surface area contributed by atoms with Gasteiger partial charge in [-0.25, -0.2) is 0 Å². The lowest BCUT2D eigenvalue weighted by Crippen LogP contribution is -2.22. The molecule has 0 saturated carbocycles. The lowest BCUT2D eigenvalue weighted by Gasteiger charge is -2.32. The second-order valence-electron chi connectivity index (χ2n) is 8.07. The van der Waals surface area contributed by atoms with E-state index in [9.17, 15) is 5.11 Å². The third kappa shape index (κ3) is 4.90. The lowest BCUT2D eigenvalue weighted by atomic mass is 9.72. The van der Waals surface area contributed by atoms with Crippen LogP contribution in [0.15, 0.2) is 48.5 Å². The van der Waals surface area contributed by atoms with Crippen LogP contribution in [-0.4, -0.2) is 5.11 Å². The second kappa shape index (κ2) is 9.80. The molecule has 0 fully saturated rings. The summed E-state index contributed by atoms with van der Waals surface area (Å²) >= 11 is 0. The van der Waals surface area contributed by atoms with Gasteiger partial charge in [0, 0.05) is 11.0 Å². The van der Waals surface area contributed by atoms with Crippen LogP contribution in [0.4, 0.5) is 0 Å². The minimum Gasteiger partial charge on any atom is -0.508 e. The van der Waals surface area contributed by atoms with E-state index in [2.05, 4.69) is 64.1 Å². The van der Waals surface area contributed by atoms with Crippen LogP contribution in [0.2, 0.25) is 0 Å². The molecule has 2 aromatic carbocycles. The van der Waals surface area contributed by atoms with Crippen LogP contribution >= 0.6 is 0 Å². The van der Waals surface area contributed by atoms with Crippen molar-refractivity contribution in [3.05, 3.63) is 65.2 Å². The first-order valence-electron chi connectivity index (χ1n) is 10.4. The Kier molecular flexibility index (Phi) is 7.75. The van der Waals surface area contributed by atoms with Gasteiger partial charge in [-0.1, -0.05) is 102 Å². The highest BCUT2D eigenvalue weighted by molar-refractivity contribution is 5.51. The minimum atomic E-state index is -0.211. The molecule has 0 saturated heterocycles. The summed E-state index contributed by atoms with van der Waals surface area (Å²) in [5, 5.41) is 10.8. The molecule has 2 aromatic rings. The van der Waals surface area contributed by atoms with E-state index in [1.165, 1.54) is 56.1 Å². The zero-order valence-electron chi connectivity index (χ0n) is 17.1. The molecule has 1 heteroatoms. The first kappa shape index (κ1) is 20.6. The van der Waals surface area contributed by atoms with Gasteiger partial charge in [0.1, 0.15) is 5.75 Å². The van der Waals surface area contributed by atoms with Crippen molar-refractivity contribution in [2.75, 3.05) is 0 Å². The Morgan fingerprint density at radius 2 is 1.54 bits per heavy atom. The predicted molar refractivity (Wildman–Crippen MR) is 113 cm³/mol. The monoisotopic (exact) mass is 352 g/mol. The Balaban J connectivity index is 2.40. The summed E-state index contributed by atoms with van der Waals surface area (Å²) in [4.78, 5) is 0. The van der Waals surface area contributed by atoms with E-state index in [0.717, 1.165) is 5.56 Å². The van der Waals surface area contributed by atoms with Crippen molar-refractivity contribution in [3.63, 3.8) is 0 Å². The first-order valence-corrected chi connectivity index (χ1v) is 10.4. The number of rotatable bonds is 10. The Morgan fingerprint density at radius 1 is 0.808 bits per heavy atom. The molecular weight excluding hydrogens is 316 g/mol. The summed E-state index contributed by atoms with van der Waals surface area (Å²) in [5.74, 6) is 0.966. The zero-order chi connectivity index (χ0) is 19.0. The molecule has 0 bridgehead atoms. The number of phenols is 1. The second-order valence-corrected chi connectivity index (χ2v) is 8.07. The highest BCUT2D eigenvalue weighted by atomic mass is 16.3. The number of benzene rings is 2. The molecule has 26 heavy (non-hydrogen) atoms. The van der Waals surface area contributed by atoms with Gasteiger partial charge in [-0.2, -0.15) is 0 Å². The van der Waals surface area contributed by atoms with Crippen molar-refractivity contribution in [1.82, 2.24) is 0 Å². The standard InChI is InChI=1S/C25H36O/c1-5-7-8-10-15-20(14-6-2)22-18-13-19-23(26)24(22)25(3,4)21-16-11-9-12-17-21/h9,11-13,16-20,26H,5-8,10,14-15H2,1-4H3. The Bertz CT molecular complexity index is 657. The third-order valence-corrected chi connectivity index (χ3v) is 5.68. The lowest BCUT2D eigenvalue weighted by molar-refractivity contribution is 0.443. The van der Waals surface area contributed by atoms with Crippen LogP contribution < -0.4 is 0 Å². The highest BCUT2D eigenvalue weighted by Crippen LogP contribution is 2.43. The van der Waals surface area contributed by atoms with Gasteiger partial charge in [0.15, 0.2) is 0 Å². The Labute approximate surface area is 160 Å². The van der Waals surface area contributed by atoms with Crippen molar-refractivity contribution in [2.45, 2.75) is 84.0 Å². The van der Waals surface area contributed by atoms with Gasteiger partial charge in [-0.05, 0) is 36.0 Å². The molecule has 0 aromatic heterocycles. The van der Waals surface area contributed by atoms with E-state index in [-0.39, 0.29) is 5.41 Å². The molecule has 2 rings (SSSR count). The van der Waals surface area contributed by atoms with Crippen molar-refractivity contribution in [2.24, 2.45) is 0 Å². The van der Waals surface area contributed by atoms with Gasteiger partial charge in [-0.3, -0.25) is 0 Å². The van der Waals surface area contributed by atoms with Crippen LogP contribution in [0, 0.1) is 0 Å². The van der Waals surface area contributed by atoms with Gasteiger partial charge in [-0.15, -0.1) is 0 Å². The number of hydrogen-bond donors (Lipinski definition) is 1. The van der Waals surface area contributed by atoms with Crippen LogP contribution in [0.1, 0.15) is 95.2 Å². The molecule has 1 N–H and O–H groups in total. The summed E-state index contributed by atoms with van der Waals surface area (Å²) in [7, 11) is 0. The SMILES string of the molecule is CCCCCCC(CCC)c1cccc(O)c1C(C)(C)c1ccccc1. The van der Waals surface area contributed by atoms with Crippen molar-refractivity contribution in [3.8, 4) is 5.75 Å². The molecule has 0 aliphatic heterocycles. The molecule has 142 valence electrons. The molecule has 0 heterocycles. The summed E-state index contributed by atoms with van der Waals surface area (Å²) < 4.78 is 0. The topological polar surface area (TPSA) is 20.2 Å². The number of aromatic hydroxyl groups is 1. The average molecular weight is 353 g/mol. The van der Waals surface area contributed by atoms with Gasteiger partial charge >= 0.3 is 0 Å². The van der Waals surface area contributed by atoms with E-state index in [0.29, 0.717) is 11.7 Å². The molecule has 0 amide bonds. The number of hydrogen-bond acceptors (Lipinski definition) is 1. The smallest absolute Gasteiger partial charge is 0.119 e. The van der Waals surface area contributed by atoms with E-state index in [1.54, 1.807) is 0 Å². The van der Waals surface area contributed by atoms with Crippen LogP contribution in [0.3, 0.4) is 0 Å². The summed E-state index contributed by atoms with van der Waals surface area (Å²) in [5.41, 5.74) is 3.50. The fourth-order valence-electron chi connectivity index (χ4n) is 4.20. The van der Waals surface area contributed by atoms with Crippen molar-refractivity contribution < 1.29 is 5.11 Å². The maximum atomic E-state index is 10.8. The zero-order valence-corrected chi connectivity index (χ0v) is 17.1. The van der Waals surface area contributed by atoms with Crippen LogP contribution in [-0.2, 0) is 5.41 Å². The molecule has 1 unspecified atom stereocenters. The molecular formula is C25H36O. The summed E-state index contributed by atoms with van der Waals surface area (Å²) in [6, 6.07) is 16.7. The molecule has 1 nitrogen and oxygen atoms in total. The number of unbranched alkanes of at least 4 members (excludes halogenated alkanes) is 3. The number of phenolic OH excluding ortho intramolecular Hbond substituents is 1. The van der Waals surface area contributed by atoms with Crippen molar-refractivity contribution >= 4 is 0 Å². The van der Waals surface area contributed by atoms with Gasteiger partial charge in [0.05, 0.1) is 0 Å². The molecule has 0 aliphatic carbocycles. The first-order chi connectivity index (χ1) is 12.5. The van der Waals surface area contributed by atoms with Crippen LogP contribution in [0.5, 0.6) is 5.75 Å². The largest absolute Gasteiger partial charge is 0.508 e. The van der Waals surface area contributed by atoms with E-state index in [1.807, 2.05) is 12.1 Å². The van der Waals surface area contributed by atoms with Crippen LogP contribution in [0.25, 0.3) is 0 Å². The normalized spacial score (nSPS) is 12.9. The fraction of sp³-hybridized carbons (Fsp3) is 0.520. The van der Waals surface area contributed by atoms with Gasteiger partial charge in [0.2, 0.25) is 0 Å². The Morgan fingerprint density at radius 3 is 2.19 bits per heavy atom. The molecule has 1 atom stereocenters. The fourth-order valence-corrected chi connectivity index (χ4v) is 4.20. The third-order valence-electron chi connectivity index (χ3n) is 5.68. The van der Waals surface area contributed by atoms with Gasteiger partial charge in [0.25, 0.3) is 0 Å². The maximum absolute atomic E-state index is 10.8. The van der Waals surface area contributed by atoms with E-state index < -0.39 is 0 Å². The van der Waals surface area contributed by atoms with E-state index in [4.69, 9.17) is 0 Å². The van der Waals surface area contributed by atoms with Gasteiger partial charge < -0.3 is 5.11 Å². The summed E-state index contributed by atoms with van der Waals surface area (Å²) in [6.45, 7) is 9.01. The van der Waals surface area contributed by atoms with E-state index >= 15 is 0 Å². The predicted octanol–water partition coefficient (Wildman–Crippen LogP) is 7.57. The summed E-state index contributed by atoms with van der Waals surface area (Å²) in [6.07, 6.45) is 8.77.